The molecule has 1 aromatic heterocycles. The molecule has 5 nitrogen and oxygen atoms in total. The van der Waals surface area contributed by atoms with Gasteiger partial charge in [-0.2, -0.15) is 0 Å². The topological polar surface area (TPSA) is 59.8 Å². The average molecular weight is 389 g/mol. The molecule has 0 atom stereocenters. The van der Waals surface area contributed by atoms with Gasteiger partial charge in [0.1, 0.15) is 11.6 Å². The summed E-state index contributed by atoms with van der Waals surface area (Å²) < 4.78 is 1.70. The standard InChI is InChI=1S/C22H17ClN4O/c23-14-22(28)24-19-10-12-20(13-11-19)27-15-21(25-26-27)18-8-6-17(7-9-18)16-4-2-1-3-5-16/h1-13,15H,14H2,(H,24,28). The van der Waals surface area contributed by atoms with Crippen LogP contribution in [0.3, 0.4) is 0 Å². The minimum Gasteiger partial charge on any atom is -0.325 e. The number of anilines is 1. The minimum absolute atomic E-state index is 0.0722. The van der Waals surface area contributed by atoms with Gasteiger partial charge in [0.2, 0.25) is 5.91 Å². The normalized spacial score (nSPS) is 10.6. The van der Waals surface area contributed by atoms with Crippen LogP contribution in [0.4, 0.5) is 5.69 Å². The molecule has 0 saturated heterocycles. The van der Waals surface area contributed by atoms with E-state index in [4.69, 9.17) is 11.6 Å². The van der Waals surface area contributed by atoms with Crippen molar-refractivity contribution in [3.05, 3.63) is 85.1 Å². The van der Waals surface area contributed by atoms with E-state index in [9.17, 15) is 4.79 Å². The predicted molar refractivity (Wildman–Crippen MR) is 112 cm³/mol. The molecule has 0 unspecified atom stereocenters. The summed E-state index contributed by atoms with van der Waals surface area (Å²) in [5.41, 5.74) is 5.66. The number of nitrogens with one attached hydrogen (secondary N) is 1. The minimum atomic E-state index is -0.239. The zero-order chi connectivity index (χ0) is 19.3. The van der Waals surface area contributed by atoms with Crippen molar-refractivity contribution < 1.29 is 4.79 Å². The number of nitrogens with zero attached hydrogens (tertiary/aromatic N) is 3. The fourth-order valence-electron chi connectivity index (χ4n) is 2.88. The number of aromatic nitrogens is 3. The van der Waals surface area contributed by atoms with Crippen molar-refractivity contribution >= 4 is 23.2 Å². The summed E-state index contributed by atoms with van der Waals surface area (Å²) in [5.74, 6) is -0.312. The van der Waals surface area contributed by atoms with Gasteiger partial charge < -0.3 is 5.32 Å². The van der Waals surface area contributed by atoms with Crippen molar-refractivity contribution in [3.63, 3.8) is 0 Å². The van der Waals surface area contributed by atoms with E-state index < -0.39 is 0 Å². The molecule has 0 fully saturated rings. The molecule has 1 N–H and O–H groups in total. The van der Waals surface area contributed by atoms with Crippen molar-refractivity contribution in [2.45, 2.75) is 0 Å². The molecule has 0 bridgehead atoms. The van der Waals surface area contributed by atoms with E-state index in [1.165, 1.54) is 5.56 Å². The van der Waals surface area contributed by atoms with Gasteiger partial charge in [-0.1, -0.05) is 59.8 Å². The van der Waals surface area contributed by atoms with E-state index in [1.807, 2.05) is 48.7 Å². The van der Waals surface area contributed by atoms with Crippen LogP contribution in [0.1, 0.15) is 0 Å². The molecule has 0 aliphatic heterocycles. The number of carbonyl (C=O) groups excluding carboxylic acids is 1. The van der Waals surface area contributed by atoms with Crippen LogP contribution >= 0.6 is 11.6 Å². The first-order valence-corrected chi connectivity index (χ1v) is 9.31. The van der Waals surface area contributed by atoms with Crippen LogP contribution in [0.15, 0.2) is 85.1 Å². The summed E-state index contributed by atoms with van der Waals surface area (Å²) in [5, 5.41) is 11.2. The van der Waals surface area contributed by atoms with Crippen molar-refractivity contribution in [1.82, 2.24) is 15.0 Å². The lowest BCUT2D eigenvalue weighted by atomic mass is 10.0. The maximum absolute atomic E-state index is 11.3. The highest BCUT2D eigenvalue weighted by atomic mass is 35.5. The Kier molecular flexibility index (Phi) is 5.17. The molecule has 6 heteroatoms. The van der Waals surface area contributed by atoms with Crippen molar-refractivity contribution in [2.24, 2.45) is 0 Å². The van der Waals surface area contributed by atoms with Gasteiger partial charge in [-0.05, 0) is 35.4 Å². The van der Waals surface area contributed by atoms with Crippen LogP contribution in [0.5, 0.6) is 0 Å². The first kappa shape index (κ1) is 17.9. The van der Waals surface area contributed by atoms with Gasteiger partial charge in [0.25, 0.3) is 0 Å². The molecule has 0 radical (unpaired) electrons. The second-order valence-electron chi connectivity index (χ2n) is 6.22. The Morgan fingerprint density at radius 3 is 2.18 bits per heavy atom. The van der Waals surface area contributed by atoms with Gasteiger partial charge >= 0.3 is 0 Å². The molecule has 0 aliphatic carbocycles. The number of carbonyl (C=O) groups is 1. The molecule has 28 heavy (non-hydrogen) atoms. The number of rotatable bonds is 5. The predicted octanol–water partition coefficient (Wildman–Crippen LogP) is 4.78. The Bertz CT molecular complexity index is 1070. The van der Waals surface area contributed by atoms with E-state index in [0.717, 1.165) is 22.5 Å². The van der Waals surface area contributed by atoms with E-state index in [1.54, 1.807) is 16.8 Å². The highest BCUT2D eigenvalue weighted by Gasteiger charge is 2.07. The summed E-state index contributed by atoms with van der Waals surface area (Å²) >= 11 is 5.50. The van der Waals surface area contributed by atoms with Crippen molar-refractivity contribution in [1.29, 1.82) is 0 Å². The summed E-state index contributed by atoms with van der Waals surface area (Å²) in [6, 6.07) is 25.8. The first-order chi connectivity index (χ1) is 13.7. The van der Waals surface area contributed by atoms with Gasteiger partial charge in [0.05, 0.1) is 11.9 Å². The number of halogens is 1. The van der Waals surface area contributed by atoms with Crippen LogP contribution < -0.4 is 5.32 Å². The fraction of sp³-hybridized carbons (Fsp3) is 0.0455. The number of amides is 1. The third kappa shape index (κ3) is 3.94. The van der Waals surface area contributed by atoms with E-state index in [-0.39, 0.29) is 11.8 Å². The Labute approximate surface area is 167 Å². The summed E-state index contributed by atoms with van der Waals surface area (Å²) in [7, 11) is 0. The monoisotopic (exact) mass is 388 g/mol. The van der Waals surface area contributed by atoms with Gasteiger partial charge in [-0.3, -0.25) is 4.79 Å². The molecular formula is C22H17ClN4O. The highest BCUT2D eigenvalue weighted by molar-refractivity contribution is 6.29. The molecule has 1 amide bonds. The Morgan fingerprint density at radius 1 is 0.857 bits per heavy atom. The van der Waals surface area contributed by atoms with Gasteiger partial charge in [0.15, 0.2) is 0 Å². The van der Waals surface area contributed by atoms with Gasteiger partial charge in [-0.15, -0.1) is 16.7 Å². The maximum Gasteiger partial charge on any atom is 0.239 e. The number of hydrogen-bond donors (Lipinski definition) is 1. The second-order valence-corrected chi connectivity index (χ2v) is 6.49. The maximum atomic E-state index is 11.3. The third-order valence-corrected chi connectivity index (χ3v) is 4.56. The van der Waals surface area contributed by atoms with Crippen LogP contribution in [-0.2, 0) is 4.79 Å². The Morgan fingerprint density at radius 2 is 1.50 bits per heavy atom. The SMILES string of the molecule is O=C(CCl)Nc1ccc(-n2cc(-c3ccc(-c4ccccc4)cc3)nn2)cc1. The van der Waals surface area contributed by atoms with Crippen molar-refractivity contribution in [2.75, 3.05) is 11.2 Å². The van der Waals surface area contributed by atoms with Crippen LogP contribution in [-0.4, -0.2) is 26.8 Å². The zero-order valence-corrected chi connectivity index (χ0v) is 15.7. The summed E-state index contributed by atoms with van der Waals surface area (Å²) in [6.07, 6.45) is 1.88. The molecular weight excluding hydrogens is 372 g/mol. The lowest BCUT2D eigenvalue weighted by Gasteiger charge is -2.04. The number of hydrogen-bond acceptors (Lipinski definition) is 3. The van der Waals surface area contributed by atoms with Crippen molar-refractivity contribution in [3.8, 4) is 28.1 Å². The Balaban J connectivity index is 1.52. The van der Waals surface area contributed by atoms with E-state index >= 15 is 0 Å². The third-order valence-electron chi connectivity index (χ3n) is 4.32. The second kappa shape index (κ2) is 8.06. The average Bonchev–Trinajstić information content (AvgIpc) is 3.25. The smallest absolute Gasteiger partial charge is 0.239 e. The molecule has 0 spiro atoms. The number of benzene rings is 3. The van der Waals surface area contributed by atoms with Crippen LogP contribution in [0.2, 0.25) is 0 Å². The lowest BCUT2D eigenvalue weighted by molar-refractivity contribution is -0.113. The quantitative estimate of drug-likeness (QED) is 0.500. The summed E-state index contributed by atoms with van der Waals surface area (Å²) in [6.45, 7) is 0. The molecule has 1 heterocycles. The fourth-order valence-corrected chi connectivity index (χ4v) is 2.95. The molecule has 3 aromatic carbocycles. The van der Waals surface area contributed by atoms with Crippen LogP contribution in [0, 0.1) is 0 Å². The van der Waals surface area contributed by atoms with E-state index in [0.29, 0.717) is 5.69 Å². The van der Waals surface area contributed by atoms with Gasteiger partial charge in [0, 0.05) is 11.3 Å². The molecule has 4 aromatic rings. The number of alkyl halides is 1. The molecule has 4 rings (SSSR count). The van der Waals surface area contributed by atoms with Crippen LogP contribution in [0.25, 0.3) is 28.1 Å². The lowest BCUT2D eigenvalue weighted by Crippen LogP contribution is -2.12. The van der Waals surface area contributed by atoms with E-state index in [2.05, 4.69) is 39.9 Å². The highest BCUT2D eigenvalue weighted by Crippen LogP contribution is 2.24. The Hall–Kier alpha value is -3.44. The molecule has 138 valence electrons. The molecule has 0 saturated carbocycles. The zero-order valence-electron chi connectivity index (χ0n) is 14.9. The van der Waals surface area contributed by atoms with Gasteiger partial charge in [-0.25, -0.2) is 4.68 Å². The molecule has 0 aliphatic rings. The summed E-state index contributed by atoms with van der Waals surface area (Å²) in [4.78, 5) is 11.3. The largest absolute Gasteiger partial charge is 0.325 e. The first-order valence-electron chi connectivity index (χ1n) is 8.77.